The van der Waals surface area contributed by atoms with Gasteiger partial charge in [-0.25, -0.2) is 0 Å². The molecular formula is C16H20N2. The third kappa shape index (κ3) is 2.44. The van der Waals surface area contributed by atoms with Crippen LogP contribution in [0.2, 0.25) is 0 Å². The SMILES string of the molecule is CNC(c1ccncc1)c1c(C)cc(C)cc1C. The molecule has 1 heterocycles. The standard InChI is InChI=1S/C16H20N2/c1-11-9-12(2)15(13(3)10-11)16(17-4)14-5-7-18-8-6-14/h5-10,16-17H,1-4H3. The molecule has 1 aromatic heterocycles. The Kier molecular flexibility index (Phi) is 3.78. The molecule has 2 heteroatoms. The Labute approximate surface area is 109 Å². The quantitative estimate of drug-likeness (QED) is 0.890. The second-order valence-corrected chi connectivity index (χ2v) is 4.81. The zero-order chi connectivity index (χ0) is 13.1. The Bertz CT molecular complexity index is 509. The van der Waals surface area contributed by atoms with E-state index in [0.717, 1.165) is 0 Å². The predicted molar refractivity (Wildman–Crippen MR) is 75.8 cm³/mol. The molecule has 0 saturated carbocycles. The maximum Gasteiger partial charge on any atom is 0.0580 e. The summed E-state index contributed by atoms with van der Waals surface area (Å²) in [4.78, 5) is 4.09. The van der Waals surface area contributed by atoms with Crippen molar-refractivity contribution in [1.29, 1.82) is 0 Å². The molecule has 18 heavy (non-hydrogen) atoms. The minimum Gasteiger partial charge on any atom is -0.309 e. The number of aromatic nitrogens is 1. The van der Waals surface area contributed by atoms with Crippen molar-refractivity contribution in [3.05, 3.63) is 64.5 Å². The number of nitrogens with one attached hydrogen (secondary N) is 1. The molecule has 0 spiro atoms. The topological polar surface area (TPSA) is 24.9 Å². The zero-order valence-corrected chi connectivity index (χ0v) is 11.5. The third-order valence-corrected chi connectivity index (χ3v) is 3.35. The fourth-order valence-corrected chi connectivity index (χ4v) is 2.68. The van der Waals surface area contributed by atoms with Crippen LogP contribution < -0.4 is 5.32 Å². The second kappa shape index (κ2) is 5.32. The van der Waals surface area contributed by atoms with Gasteiger partial charge in [-0.2, -0.15) is 0 Å². The summed E-state index contributed by atoms with van der Waals surface area (Å²) in [5.74, 6) is 0. The van der Waals surface area contributed by atoms with Crippen LogP contribution in [0.15, 0.2) is 36.7 Å². The summed E-state index contributed by atoms with van der Waals surface area (Å²) in [6, 6.07) is 8.86. The molecule has 0 fully saturated rings. The van der Waals surface area contributed by atoms with Crippen LogP contribution in [0.1, 0.15) is 33.9 Å². The molecule has 0 aliphatic rings. The Balaban J connectivity index is 2.52. The highest BCUT2D eigenvalue weighted by Crippen LogP contribution is 2.28. The summed E-state index contributed by atoms with van der Waals surface area (Å²) in [5, 5.41) is 3.41. The van der Waals surface area contributed by atoms with E-state index in [1.807, 2.05) is 19.4 Å². The van der Waals surface area contributed by atoms with Crippen molar-refractivity contribution in [1.82, 2.24) is 10.3 Å². The van der Waals surface area contributed by atoms with Crippen LogP contribution in [0.4, 0.5) is 0 Å². The van der Waals surface area contributed by atoms with Crippen molar-refractivity contribution in [2.75, 3.05) is 7.05 Å². The summed E-state index contributed by atoms with van der Waals surface area (Å²) < 4.78 is 0. The molecule has 2 aromatic rings. The number of hydrogen-bond donors (Lipinski definition) is 1. The van der Waals surface area contributed by atoms with Crippen LogP contribution in [0.3, 0.4) is 0 Å². The van der Waals surface area contributed by atoms with Gasteiger partial charge < -0.3 is 5.32 Å². The van der Waals surface area contributed by atoms with E-state index in [1.165, 1.54) is 27.8 Å². The average Bonchev–Trinajstić information content (AvgIpc) is 2.34. The fourth-order valence-electron chi connectivity index (χ4n) is 2.68. The van der Waals surface area contributed by atoms with Gasteiger partial charge in [0.1, 0.15) is 0 Å². The molecule has 0 aliphatic heterocycles. The molecule has 0 amide bonds. The first kappa shape index (κ1) is 12.8. The molecule has 0 radical (unpaired) electrons. The number of benzene rings is 1. The minimum atomic E-state index is 0.230. The molecule has 1 atom stereocenters. The lowest BCUT2D eigenvalue weighted by Crippen LogP contribution is -2.20. The normalized spacial score (nSPS) is 12.4. The number of nitrogens with zero attached hydrogens (tertiary/aromatic N) is 1. The zero-order valence-electron chi connectivity index (χ0n) is 11.5. The lowest BCUT2D eigenvalue weighted by Gasteiger charge is -2.22. The van der Waals surface area contributed by atoms with Gasteiger partial charge in [0.15, 0.2) is 0 Å². The number of rotatable bonds is 3. The monoisotopic (exact) mass is 240 g/mol. The number of aryl methyl sites for hydroxylation is 3. The van der Waals surface area contributed by atoms with Gasteiger partial charge in [0, 0.05) is 12.4 Å². The Morgan fingerprint density at radius 2 is 1.56 bits per heavy atom. The molecule has 1 aromatic carbocycles. The van der Waals surface area contributed by atoms with Gasteiger partial charge in [0.2, 0.25) is 0 Å². The minimum absolute atomic E-state index is 0.230. The molecule has 2 rings (SSSR count). The summed E-state index contributed by atoms with van der Waals surface area (Å²) in [6.45, 7) is 6.51. The van der Waals surface area contributed by atoms with E-state index in [9.17, 15) is 0 Å². The largest absolute Gasteiger partial charge is 0.309 e. The van der Waals surface area contributed by atoms with E-state index in [2.05, 4.69) is 55.3 Å². The van der Waals surface area contributed by atoms with Crippen molar-refractivity contribution in [2.45, 2.75) is 26.8 Å². The molecule has 0 bridgehead atoms. The van der Waals surface area contributed by atoms with Crippen molar-refractivity contribution >= 4 is 0 Å². The van der Waals surface area contributed by atoms with Crippen LogP contribution in [0.5, 0.6) is 0 Å². The van der Waals surface area contributed by atoms with E-state index < -0.39 is 0 Å². The molecule has 2 nitrogen and oxygen atoms in total. The second-order valence-electron chi connectivity index (χ2n) is 4.81. The van der Waals surface area contributed by atoms with Gasteiger partial charge in [-0.15, -0.1) is 0 Å². The highest BCUT2D eigenvalue weighted by atomic mass is 14.9. The van der Waals surface area contributed by atoms with Gasteiger partial charge in [-0.1, -0.05) is 17.7 Å². The van der Waals surface area contributed by atoms with Crippen LogP contribution in [0, 0.1) is 20.8 Å². The molecule has 1 unspecified atom stereocenters. The Morgan fingerprint density at radius 3 is 2.06 bits per heavy atom. The molecule has 1 N–H and O–H groups in total. The van der Waals surface area contributed by atoms with E-state index in [4.69, 9.17) is 0 Å². The van der Waals surface area contributed by atoms with Crippen LogP contribution in [-0.4, -0.2) is 12.0 Å². The predicted octanol–water partition coefficient (Wildman–Crippen LogP) is 3.32. The van der Waals surface area contributed by atoms with Crippen LogP contribution >= 0.6 is 0 Å². The van der Waals surface area contributed by atoms with E-state index in [1.54, 1.807) is 0 Å². The Morgan fingerprint density at radius 1 is 1.00 bits per heavy atom. The highest BCUT2D eigenvalue weighted by Gasteiger charge is 2.16. The molecule has 94 valence electrons. The van der Waals surface area contributed by atoms with E-state index in [-0.39, 0.29) is 6.04 Å². The first-order chi connectivity index (χ1) is 8.63. The van der Waals surface area contributed by atoms with E-state index >= 15 is 0 Å². The summed E-state index contributed by atoms with van der Waals surface area (Å²) in [6.07, 6.45) is 3.69. The van der Waals surface area contributed by atoms with E-state index in [0.29, 0.717) is 0 Å². The lowest BCUT2D eigenvalue weighted by molar-refractivity contribution is 0.682. The summed E-state index contributed by atoms with van der Waals surface area (Å²) >= 11 is 0. The first-order valence-electron chi connectivity index (χ1n) is 6.28. The number of hydrogen-bond acceptors (Lipinski definition) is 2. The van der Waals surface area contributed by atoms with Gasteiger partial charge in [0.25, 0.3) is 0 Å². The molecular weight excluding hydrogens is 220 g/mol. The lowest BCUT2D eigenvalue weighted by atomic mass is 9.90. The maximum absolute atomic E-state index is 4.09. The van der Waals surface area contributed by atoms with Crippen molar-refractivity contribution < 1.29 is 0 Å². The fraction of sp³-hybridized carbons (Fsp3) is 0.312. The van der Waals surface area contributed by atoms with Crippen molar-refractivity contribution in [2.24, 2.45) is 0 Å². The third-order valence-electron chi connectivity index (χ3n) is 3.35. The summed E-state index contributed by atoms with van der Waals surface area (Å²) in [7, 11) is 2.00. The molecule has 0 aliphatic carbocycles. The first-order valence-corrected chi connectivity index (χ1v) is 6.28. The van der Waals surface area contributed by atoms with Crippen LogP contribution in [-0.2, 0) is 0 Å². The van der Waals surface area contributed by atoms with Gasteiger partial charge in [-0.3, -0.25) is 4.98 Å². The summed E-state index contributed by atoms with van der Waals surface area (Å²) in [5.41, 5.74) is 6.61. The van der Waals surface area contributed by atoms with Gasteiger partial charge in [0.05, 0.1) is 6.04 Å². The average molecular weight is 240 g/mol. The van der Waals surface area contributed by atoms with Crippen LogP contribution in [0.25, 0.3) is 0 Å². The maximum atomic E-state index is 4.09. The van der Waals surface area contributed by atoms with Gasteiger partial charge in [-0.05, 0) is 62.2 Å². The smallest absolute Gasteiger partial charge is 0.0580 e. The Hall–Kier alpha value is -1.67. The van der Waals surface area contributed by atoms with Crippen molar-refractivity contribution in [3.63, 3.8) is 0 Å². The molecule has 0 saturated heterocycles. The van der Waals surface area contributed by atoms with Crippen molar-refractivity contribution in [3.8, 4) is 0 Å². The highest BCUT2D eigenvalue weighted by molar-refractivity contribution is 5.43. The number of pyridine rings is 1. The van der Waals surface area contributed by atoms with Gasteiger partial charge >= 0.3 is 0 Å².